The van der Waals surface area contributed by atoms with Crippen molar-refractivity contribution in [1.82, 2.24) is 5.32 Å². The van der Waals surface area contributed by atoms with E-state index in [9.17, 15) is 4.79 Å². The summed E-state index contributed by atoms with van der Waals surface area (Å²) in [6.45, 7) is 8.23. The lowest BCUT2D eigenvalue weighted by Crippen LogP contribution is -2.35. The van der Waals surface area contributed by atoms with E-state index in [1.165, 1.54) is 0 Å². The van der Waals surface area contributed by atoms with Gasteiger partial charge >= 0.3 is 5.97 Å². The highest BCUT2D eigenvalue weighted by Crippen LogP contribution is 2.32. The number of nitrogens with one attached hydrogen (secondary N) is 1. The molecule has 1 fully saturated rings. The third-order valence-electron chi connectivity index (χ3n) is 2.88. The highest BCUT2D eigenvalue weighted by atomic mass is 32.1. The minimum absolute atomic E-state index is 0.0660. The van der Waals surface area contributed by atoms with E-state index in [0.717, 1.165) is 19.5 Å². The maximum absolute atomic E-state index is 11.6. The Bertz CT molecular complexity index is 189. The fraction of sp³-hybridized carbons (Fsp3) is 0.909. The smallest absolute Gasteiger partial charge is 0.311 e. The molecule has 0 bridgehead atoms. The zero-order valence-corrected chi connectivity index (χ0v) is 11.1. The summed E-state index contributed by atoms with van der Waals surface area (Å²) < 4.78 is 5.05. The monoisotopic (exact) mass is 233 g/mol. The van der Waals surface area contributed by atoms with Gasteiger partial charge in [-0.2, -0.15) is 12.6 Å². The van der Waals surface area contributed by atoms with E-state index in [1.54, 1.807) is 6.26 Å². The van der Waals surface area contributed by atoms with E-state index >= 15 is 0 Å². The van der Waals surface area contributed by atoms with Crippen LogP contribution in [0.3, 0.4) is 0 Å². The van der Waals surface area contributed by atoms with Gasteiger partial charge in [0, 0.05) is 0 Å². The minimum atomic E-state index is -0.334. The van der Waals surface area contributed by atoms with E-state index in [4.69, 9.17) is 4.74 Å². The second-order valence-corrected chi connectivity index (χ2v) is 4.13. The van der Waals surface area contributed by atoms with Gasteiger partial charge in [-0.3, -0.25) is 4.79 Å². The van der Waals surface area contributed by atoms with Crippen LogP contribution in [0.15, 0.2) is 0 Å². The van der Waals surface area contributed by atoms with Gasteiger partial charge in [0.1, 0.15) is 0 Å². The van der Waals surface area contributed by atoms with Crippen molar-refractivity contribution in [2.75, 3.05) is 26.0 Å². The zero-order chi connectivity index (χ0) is 11.9. The van der Waals surface area contributed by atoms with Crippen LogP contribution in [-0.4, -0.2) is 31.9 Å². The molecule has 1 rings (SSSR count). The van der Waals surface area contributed by atoms with E-state index < -0.39 is 0 Å². The third-order valence-corrected chi connectivity index (χ3v) is 2.88. The molecule has 0 aromatic rings. The number of thiol groups is 1. The second-order valence-electron chi connectivity index (χ2n) is 4.13. The van der Waals surface area contributed by atoms with Crippen LogP contribution in [0, 0.1) is 11.3 Å². The third kappa shape index (κ3) is 4.03. The maximum Gasteiger partial charge on any atom is 0.311 e. The van der Waals surface area contributed by atoms with Crippen molar-refractivity contribution >= 4 is 18.6 Å². The number of hydrogen-bond donors (Lipinski definition) is 2. The fourth-order valence-corrected chi connectivity index (χ4v) is 1.75. The molecule has 1 aliphatic rings. The first-order chi connectivity index (χ1) is 7.09. The first-order valence-corrected chi connectivity index (χ1v) is 6.31. The summed E-state index contributed by atoms with van der Waals surface area (Å²) in [5.41, 5.74) is -0.334. The quantitative estimate of drug-likeness (QED) is 0.576. The van der Waals surface area contributed by atoms with Crippen LogP contribution >= 0.6 is 12.6 Å². The molecule has 0 aliphatic carbocycles. The molecule has 1 atom stereocenters. The van der Waals surface area contributed by atoms with Gasteiger partial charge in [0.15, 0.2) is 0 Å². The molecular weight excluding hydrogens is 210 g/mol. The van der Waals surface area contributed by atoms with Crippen LogP contribution in [0.1, 0.15) is 27.2 Å². The van der Waals surface area contributed by atoms with Gasteiger partial charge in [-0.1, -0.05) is 0 Å². The van der Waals surface area contributed by atoms with Gasteiger partial charge in [0.25, 0.3) is 0 Å². The van der Waals surface area contributed by atoms with Crippen LogP contribution in [0.25, 0.3) is 0 Å². The number of carbonyl (C=O) groups is 1. The predicted molar refractivity (Wildman–Crippen MR) is 66.3 cm³/mol. The van der Waals surface area contributed by atoms with Crippen molar-refractivity contribution in [3.63, 3.8) is 0 Å². The van der Waals surface area contributed by atoms with Gasteiger partial charge in [0.05, 0.1) is 12.0 Å². The van der Waals surface area contributed by atoms with Crippen LogP contribution in [0.4, 0.5) is 0 Å². The van der Waals surface area contributed by atoms with Gasteiger partial charge in [0.2, 0.25) is 0 Å². The van der Waals surface area contributed by atoms with Gasteiger partial charge in [-0.25, -0.2) is 0 Å². The number of carbonyl (C=O) groups excluding carboxylic acids is 1. The highest BCUT2D eigenvalue weighted by molar-refractivity contribution is 7.79. The Hall–Kier alpha value is -0.220. The molecule has 90 valence electrons. The minimum Gasteiger partial charge on any atom is -0.466 e. The maximum atomic E-state index is 11.6. The van der Waals surface area contributed by atoms with Crippen LogP contribution in [0.5, 0.6) is 0 Å². The Morgan fingerprint density at radius 1 is 1.53 bits per heavy atom. The molecule has 1 aliphatic heterocycles. The van der Waals surface area contributed by atoms with Crippen molar-refractivity contribution in [2.24, 2.45) is 11.3 Å². The van der Waals surface area contributed by atoms with Gasteiger partial charge < -0.3 is 10.1 Å². The molecular formula is C11H23NO2S. The highest BCUT2D eigenvalue weighted by Gasteiger charge is 2.39. The van der Waals surface area contributed by atoms with Crippen molar-refractivity contribution in [3.05, 3.63) is 0 Å². The van der Waals surface area contributed by atoms with Crippen LogP contribution in [0.2, 0.25) is 0 Å². The Labute approximate surface area is 98.4 Å². The largest absolute Gasteiger partial charge is 0.466 e. The van der Waals surface area contributed by atoms with Crippen molar-refractivity contribution < 1.29 is 9.53 Å². The number of rotatable bonds is 3. The SMILES string of the molecule is CCOC(=O)C(C)(C)C1CCNC1.CS. The molecule has 0 saturated carbocycles. The molecule has 0 aromatic carbocycles. The van der Waals surface area contributed by atoms with Crippen molar-refractivity contribution in [2.45, 2.75) is 27.2 Å². The summed E-state index contributed by atoms with van der Waals surface area (Å²) in [6.07, 6.45) is 2.77. The Morgan fingerprint density at radius 2 is 2.13 bits per heavy atom. The molecule has 0 amide bonds. The summed E-state index contributed by atoms with van der Waals surface area (Å²) in [4.78, 5) is 11.6. The standard InChI is InChI=1S/C10H19NO2.CH4S/c1-4-13-9(12)10(2,3)8-5-6-11-7-8;1-2/h8,11H,4-7H2,1-3H3;2H,1H3. The lowest BCUT2D eigenvalue weighted by molar-refractivity contribution is -0.156. The lowest BCUT2D eigenvalue weighted by atomic mass is 9.78. The molecule has 1 N–H and O–H groups in total. The van der Waals surface area contributed by atoms with Gasteiger partial charge in [-0.15, -0.1) is 0 Å². The Kier molecular flexibility index (Phi) is 7.02. The normalized spacial score (nSPS) is 20.5. The molecule has 1 saturated heterocycles. The first kappa shape index (κ1) is 14.8. The van der Waals surface area contributed by atoms with Crippen molar-refractivity contribution in [3.8, 4) is 0 Å². The molecule has 1 unspecified atom stereocenters. The molecule has 0 radical (unpaired) electrons. The number of hydrogen-bond acceptors (Lipinski definition) is 4. The summed E-state index contributed by atoms with van der Waals surface area (Å²) in [5, 5.41) is 3.27. The lowest BCUT2D eigenvalue weighted by Gasteiger charge is -2.28. The van der Waals surface area contributed by atoms with E-state index in [0.29, 0.717) is 12.5 Å². The van der Waals surface area contributed by atoms with E-state index in [-0.39, 0.29) is 11.4 Å². The molecule has 15 heavy (non-hydrogen) atoms. The number of esters is 1. The average molecular weight is 233 g/mol. The van der Waals surface area contributed by atoms with Crippen LogP contribution < -0.4 is 5.32 Å². The number of ether oxygens (including phenoxy) is 1. The summed E-state index contributed by atoms with van der Waals surface area (Å²) in [6, 6.07) is 0. The first-order valence-electron chi connectivity index (χ1n) is 5.41. The second kappa shape index (κ2) is 7.12. The van der Waals surface area contributed by atoms with Gasteiger partial charge in [-0.05, 0) is 52.5 Å². The predicted octanol–water partition coefficient (Wildman–Crippen LogP) is 1.73. The summed E-state index contributed by atoms with van der Waals surface area (Å²) in [7, 11) is 0. The topological polar surface area (TPSA) is 38.3 Å². The summed E-state index contributed by atoms with van der Waals surface area (Å²) >= 11 is 3.53. The Morgan fingerprint density at radius 3 is 2.53 bits per heavy atom. The molecule has 0 aromatic heterocycles. The Balaban J connectivity index is 0.000000921. The molecule has 0 spiro atoms. The van der Waals surface area contributed by atoms with E-state index in [2.05, 4.69) is 17.9 Å². The van der Waals surface area contributed by atoms with Crippen LogP contribution in [-0.2, 0) is 9.53 Å². The average Bonchev–Trinajstić information content (AvgIpc) is 2.74. The summed E-state index contributed by atoms with van der Waals surface area (Å²) in [5.74, 6) is 0.357. The fourth-order valence-electron chi connectivity index (χ4n) is 1.75. The zero-order valence-electron chi connectivity index (χ0n) is 10.2. The molecule has 4 heteroatoms. The van der Waals surface area contributed by atoms with E-state index in [1.807, 2.05) is 20.8 Å². The molecule has 1 heterocycles. The van der Waals surface area contributed by atoms with Crippen molar-refractivity contribution in [1.29, 1.82) is 0 Å². The molecule has 3 nitrogen and oxygen atoms in total.